The van der Waals surface area contributed by atoms with Crippen molar-refractivity contribution in [3.63, 3.8) is 0 Å². The van der Waals surface area contributed by atoms with Gasteiger partial charge in [-0.3, -0.25) is 0 Å². The van der Waals surface area contributed by atoms with E-state index in [1.54, 1.807) is 0 Å². The molecule has 0 amide bonds. The monoisotopic (exact) mass is 408 g/mol. The second-order valence-corrected chi connectivity index (χ2v) is 9.40. The molecule has 2 aromatic carbocycles. The van der Waals surface area contributed by atoms with Gasteiger partial charge in [0.2, 0.25) is 0 Å². The number of phenolic OH excluding ortho intramolecular Hbond substituents is 1. The third kappa shape index (κ3) is 4.17. The topological polar surface area (TPSA) is 38.7 Å². The zero-order chi connectivity index (χ0) is 22.0. The Kier molecular flexibility index (Phi) is 6.69. The van der Waals surface area contributed by atoms with Crippen molar-refractivity contribution in [2.24, 2.45) is 0 Å². The van der Waals surface area contributed by atoms with Crippen LogP contribution in [0.2, 0.25) is 0 Å². The van der Waals surface area contributed by atoms with E-state index in [0.29, 0.717) is 5.75 Å². The smallest absolute Gasteiger partial charge is 0.494 e. The van der Waals surface area contributed by atoms with E-state index >= 15 is 0 Å². The van der Waals surface area contributed by atoms with E-state index in [4.69, 9.17) is 9.31 Å². The lowest BCUT2D eigenvalue weighted by atomic mass is 9.64. The van der Waals surface area contributed by atoms with Crippen LogP contribution in [0, 0.1) is 0 Å². The highest BCUT2D eigenvalue weighted by atomic mass is 16.7. The standard InChI is InChI=1S/C24H31BO3.C2H6/c1-22(2)23(3,4)28-25(27-22)20-12-8-18(9-13-20)24(16-6-5-7-17-24)19-10-14-21(26)15-11-19;1-2/h8-15,26H,5-7,16-17H2,1-4H3;1-2H3. The molecule has 162 valence electrons. The summed E-state index contributed by atoms with van der Waals surface area (Å²) in [6, 6.07) is 16.6. The van der Waals surface area contributed by atoms with Crippen LogP contribution >= 0.6 is 0 Å². The fourth-order valence-electron chi connectivity index (χ4n) is 4.62. The zero-order valence-electron chi connectivity index (χ0n) is 19.5. The van der Waals surface area contributed by atoms with Crippen LogP contribution in [0.3, 0.4) is 0 Å². The van der Waals surface area contributed by atoms with E-state index in [2.05, 4.69) is 64.1 Å². The SMILES string of the molecule is CC.CC1(C)OB(c2ccc(C3(c4ccc(O)cc4)CCCCC3)cc2)OC1(C)C. The summed E-state index contributed by atoms with van der Waals surface area (Å²) in [5.41, 5.74) is 3.09. The molecular weight excluding hydrogens is 371 g/mol. The van der Waals surface area contributed by atoms with Crippen molar-refractivity contribution < 1.29 is 14.4 Å². The average molecular weight is 408 g/mol. The van der Waals surface area contributed by atoms with Gasteiger partial charge in [0.05, 0.1) is 11.2 Å². The van der Waals surface area contributed by atoms with Crippen molar-refractivity contribution >= 4 is 12.6 Å². The lowest BCUT2D eigenvalue weighted by molar-refractivity contribution is 0.00578. The van der Waals surface area contributed by atoms with Gasteiger partial charge in [0.1, 0.15) is 5.75 Å². The fraction of sp³-hybridized carbons (Fsp3) is 0.538. The molecule has 4 heteroatoms. The van der Waals surface area contributed by atoms with Crippen LogP contribution in [0.5, 0.6) is 5.75 Å². The molecule has 0 radical (unpaired) electrons. The molecule has 1 saturated heterocycles. The van der Waals surface area contributed by atoms with Crippen LogP contribution in [-0.4, -0.2) is 23.4 Å². The first-order chi connectivity index (χ1) is 14.2. The van der Waals surface area contributed by atoms with E-state index in [-0.39, 0.29) is 23.7 Å². The van der Waals surface area contributed by atoms with Crippen molar-refractivity contribution in [2.75, 3.05) is 0 Å². The number of hydrogen-bond donors (Lipinski definition) is 1. The highest BCUT2D eigenvalue weighted by molar-refractivity contribution is 6.62. The summed E-state index contributed by atoms with van der Waals surface area (Å²) in [5.74, 6) is 0.325. The molecule has 0 unspecified atom stereocenters. The predicted molar refractivity (Wildman–Crippen MR) is 125 cm³/mol. The second-order valence-electron chi connectivity index (χ2n) is 9.40. The molecule has 0 atom stereocenters. The molecular formula is C26H37BO3. The summed E-state index contributed by atoms with van der Waals surface area (Å²) >= 11 is 0. The molecule has 0 bridgehead atoms. The summed E-state index contributed by atoms with van der Waals surface area (Å²) in [7, 11) is -0.324. The summed E-state index contributed by atoms with van der Waals surface area (Å²) < 4.78 is 12.4. The van der Waals surface area contributed by atoms with Crippen molar-refractivity contribution in [1.82, 2.24) is 0 Å². The number of hydrogen-bond acceptors (Lipinski definition) is 3. The minimum absolute atomic E-state index is 0.0282. The molecule has 1 saturated carbocycles. The van der Waals surface area contributed by atoms with E-state index < -0.39 is 0 Å². The molecule has 3 nitrogen and oxygen atoms in total. The van der Waals surface area contributed by atoms with Crippen LogP contribution in [0.1, 0.15) is 84.8 Å². The van der Waals surface area contributed by atoms with Crippen LogP contribution < -0.4 is 5.46 Å². The second kappa shape index (κ2) is 8.76. The Hall–Kier alpha value is -1.78. The minimum atomic E-state index is -0.326. The van der Waals surface area contributed by atoms with Crippen molar-refractivity contribution in [2.45, 2.75) is 90.3 Å². The van der Waals surface area contributed by atoms with Crippen LogP contribution in [0.4, 0.5) is 0 Å². The third-order valence-corrected chi connectivity index (χ3v) is 7.12. The number of benzene rings is 2. The molecule has 1 N–H and O–H groups in total. The van der Waals surface area contributed by atoms with Gasteiger partial charge in [-0.25, -0.2) is 0 Å². The predicted octanol–water partition coefficient (Wildman–Crippen LogP) is 5.97. The molecule has 0 aromatic heterocycles. The van der Waals surface area contributed by atoms with Crippen LogP contribution in [-0.2, 0) is 14.7 Å². The molecule has 2 aliphatic rings. The third-order valence-electron chi connectivity index (χ3n) is 7.12. The molecule has 4 rings (SSSR count). The molecule has 1 aliphatic carbocycles. The molecule has 0 spiro atoms. The summed E-state index contributed by atoms with van der Waals surface area (Å²) in [6.45, 7) is 12.3. The van der Waals surface area contributed by atoms with E-state index in [1.165, 1.54) is 30.4 Å². The summed E-state index contributed by atoms with van der Waals surface area (Å²) in [4.78, 5) is 0. The normalized spacial score (nSPS) is 21.6. The van der Waals surface area contributed by atoms with Gasteiger partial charge in [0.15, 0.2) is 0 Å². The molecule has 2 aromatic rings. The summed E-state index contributed by atoms with van der Waals surface area (Å²) in [6.07, 6.45) is 6.06. The maximum atomic E-state index is 9.72. The van der Waals surface area contributed by atoms with Crippen LogP contribution in [0.15, 0.2) is 48.5 Å². The molecule has 1 heterocycles. The zero-order valence-corrected chi connectivity index (χ0v) is 19.5. The highest BCUT2D eigenvalue weighted by Gasteiger charge is 2.51. The first kappa shape index (κ1) is 22.9. The van der Waals surface area contributed by atoms with Crippen molar-refractivity contribution in [3.05, 3.63) is 59.7 Å². The van der Waals surface area contributed by atoms with Gasteiger partial charge < -0.3 is 14.4 Å². The van der Waals surface area contributed by atoms with Gasteiger partial charge in [0, 0.05) is 5.41 Å². The van der Waals surface area contributed by atoms with Gasteiger partial charge in [0.25, 0.3) is 0 Å². The Morgan fingerprint density at radius 2 is 1.13 bits per heavy atom. The van der Waals surface area contributed by atoms with Gasteiger partial charge in [-0.2, -0.15) is 0 Å². The minimum Gasteiger partial charge on any atom is -0.508 e. The Bertz CT molecular complexity index is 802. The number of rotatable bonds is 3. The molecule has 2 fully saturated rings. The molecule has 1 aliphatic heterocycles. The lowest BCUT2D eigenvalue weighted by Crippen LogP contribution is -2.41. The fourth-order valence-corrected chi connectivity index (χ4v) is 4.62. The number of phenols is 1. The largest absolute Gasteiger partial charge is 0.508 e. The van der Waals surface area contributed by atoms with Gasteiger partial charge >= 0.3 is 7.12 Å². The maximum Gasteiger partial charge on any atom is 0.494 e. The van der Waals surface area contributed by atoms with Gasteiger partial charge in [-0.1, -0.05) is 69.5 Å². The van der Waals surface area contributed by atoms with E-state index in [0.717, 1.165) is 18.3 Å². The van der Waals surface area contributed by atoms with Crippen LogP contribution in [0.25, 0.3) is 0 Å². The van der Waals surface area contributed by atoms with Crippen molar-refractivity contribution in [3.8, 4) is 5.75 Å². The highest BCUT2D eigenvalue weighted by Crippen LogP contribution is 2.45. The van der Waals surface area contributed by atoms with Crippen molar-refractivity contribution in [1.29, 1.82) is 0 Å². The molecule has 30 heavy (non-hydrogen) atoms. The number of aromatic hydroxyl groups is 1. The summed E-state index contributed by atoms with van der Waals surface area (Å²) in [5, 5.41) is 9.72. The Morgan fingerprint density at radius 3 is 1.60 bits per heavy atom. The Morgan fingerprint density at radius 1 is 0.700 bits per heavy atom. The Labute approximate surface area is 183 Å². The quantitative estimate of drug-likeness (QED) is 0.636. The van der Waals surface area contributed by atoms with E-state index in [1.807, 2.05) is 26.0 Å². The van der Waals surface area contributed by atoms with E-state index in [9.17, 15) is 5.11 Å². The van der Waals surface area contributed by atoms with Gasteiger partial charge in [-0.15, -0.1) is 0 Å². The first-order valence-corrected chi connectivity index (χ1v) is 11.5. The lowest BCUT2D eigenvalue weighted by Gasteiger charge is -2.38. The first-order valence-electron chi connectivity index (χ1n) is 11.5. The average Bonchev–Trinajstić information content (AvgIpc) is 2.98. The maximum absolute atomic E-state index is 9.72. The van der Waals surface area contributed by atoms with Gasteiger partial charge in [-0.05, 0) is 69.3 Å². The Balaban J connectivity index is 0.00000124.